The summed E-state index contributed by atoms with van der Waals surface area (Å²) in [5.74, 6) is -0.672. The van der Waals surface area contributed by atoms with Gasteiger partial charge in [0, 0.05) is 19.3 Å². The Kier molecular flexibility index (Phi) is 3.48. The first-order chi connectivity index (χ1) is 8.99. The Balaban J connectivity index is 2.33. The van der Waals surface area contributed by atoms with E-state index in [0.717, 1.165) is 0 Å². The number of nitrogens with one attached hydrogen (secondary N) is 1. The van der Waals surface area contributed by atoms with E-state index in [1.54, 1.807) is 29.9 Å². The van der Waals surface area contributed by atoms with Gasteiger partial charge in [0.2, 0.25) is 5.82 Å². The van der Waals surface area contributed by atoms with Crippen molar-refractivity contribution in [2.24, 2.45) is 7.05 Å². The minimum absolute atomic E-state index is 0.0628. The standard InChI is InChI=1S/C11H9ClN4O3/c1-15-6-2-3-8(15)11(17)14-10-7(16(18)19)4-5-9(12)13-10/h2-6H,1H3,(H,13,14,17). The maximum absolute atomic E-state index is 11.9. The number of pyridine rings is 1. The van der Waals surface area contributed by atoms with E-state index in [2.05, 4.69) is 10.3 Å². The van der Waals surface area contributed by atoms with Crippen molar-refractivity contribution in [1.82, 2.24) is 9.55 Å². The molecule has 8 heteroatoms. The lowest BCUT2D eigenvalue weighted by Crippen LogP contribution is -2.17. The fraction of sp³-hybridized carbons (Fsp3) is 0.0909. The topological polar surface area (TPSA) is 90.1 Å². The van der Waals surface area contributed by atoms with E-state index < -0.39 is 10.8 Å². The molecule has 0 fully saturated rings. The van der Waals surface area contributed by atoms with E-state index in [9.17, 15) is 14.9 Å². The van der Waals surface area contributed by atoms with Crippen molar-refractivity contribution in [1.29, 1.82) is 0 Å². The van der Waals surface area contributed by atoms with Gasteiger partial charge >= 0.3 is 5.69 Å². The maximum atomic E-state index is 11.9. The molecule has 2 heterocycles. The Morgan fingerprint density at radius 2 is 2.21 bits per heavy atom. The average Bonchev–Trinajstić information content (AvgIpc) is 2.75. The third-order valence-electron chi connectivity index (χ3n) is 2.44. The van der Waals surface area contributed by atoms with Gasteiger partial charge in [0.05, 0.1) is 4.92 Å². The number of hydrogen-bond acceptors (Lipinski definition) is 4. The number of aryl methyl sites for hydroxylation is 1. The largest absolute Gasteiger partial charge is 0.347 e. The molecule has 0 spiro atoms. The molecule has 2 rings (SSSR count). The van der Waals surface area contributed by atoms with Crippen LogP contribution in [0.2, 0.25) is 5.15 Å². The fourth-order valence-corrected chi connectivity index (χ4v) is 1.68. The zero-order chi connectivity index (χ0) is 14.0. The van der Waals surface area contributed by atoms with Gasteiger partial charge in [-0.25, -0.2) is 4.98 Å². The summed E-state index contributed by atoms with van der Waals surface area (Å²) in [5.41, 5.74) is 0.0445. The molecule has 7 nitrogen and oxygen atoms in total. The predicted octanol–water partition coefficient (Wildman–Crippen LogP) is 2.23. The number of amides is 1. The molecule has 1 N–H and O–H groups in total. The molecular formula is C11H9ClN4O3. The van der Waals surface area contributed by atoms with Crippen LogP contribution >= 0.6 is 11.6 Å². The van der Waals surface area contributed by atoms with Crippen LogP contribution in [0.1, 0.15) is 10.5 Å². The van der Waals surface area contributed by atoms with Crippen LogP contribution in [0.5, 0.6) is 0 Å². The van der Waals surface area contributed by atoms with Gasteiger partial charge in [-0.3, -0.25) is 20.2 Å². The highest BCUT2D eigenvalue weighted by molar-refractivity contribution is 6.29. The number of nitro groups is 1. The van der Waals surface area contributed by atoms with Gasteiger partial charge in [0.15, 0.2) is 0 Å². The van der Waals surface area contributed by atoms with Crippen molar-refractivity contribution in [3.63, 3.8) is 0 Å². The van der Waals surface area contributed by atoms with Gasteiger partial charge in [-0.1, -0.05) is 11.6 Å². The van der Waals surface area contributed by atoms with Crippen molar-refractivity contribution in [3.8, 4) is 0 Å². The zero-order valence-corrected chi connectivity index (χ0v) is 10.6. The third-order valence-corrected chi connectivity index (χ3v) is 2.66. The Hall–Kier alpha value is -2.41. The van der Waals surface area contributed by atoms with Crippen LogP contribution < -0.4 is 5.32 Å². The Morgan fingerprint density at radius 3 is 2.79 bits per heavy atom. The summed E-state index contributed by atoms with van der Waals surface area (Å²) in [6, 6.07) is 5.76. The fourth-order valence-electron chi connectivity index (χ4n) is 1.54. The van der Waals surface area contributed by atoms with E-state index in [1.807, 2.05) is 0 Å². The van der Waals surface area contributed by atoms with Crippen molar-refractivity contribution in [3.05, 3.63) is 51.4 Å². The van der Waals surface area contributed by atoms with Gasteiger partial charge in [0.1, 0.15) is 10.8 Å². The van der Waals surface area contributed by atoms with Crippen molar-refractivity contribution >= 4 is 29.0 Å². The van der Waals surface area contributed by atoms with Gasteiger partial charge in [-0.15, -0.1) is 0 Å². The molecule has 0 radical (unpaired) electrons. The molecule has 0 aliphatic heterocycles. The average molecular weight is 281 g/mol. The summed E-state index contributed by atoms with van der Waals surface area (Å²) in [7, 11) is 1.69. The second-order valence-electron chi connectivity index (χ2n) is 3.72. The van der Waals surface area contributed by atoms with E-state index in [-0.39, 0.29) is 16.7 Å². The highest BCUT2D eigenvalue weighted by Crippen LogP contribution is 2.24. The number of anilines is 1. The van der Waals surface area contributed by atoms with Gasteiger partial charge in [0.25, 0.3) is 5.91 Å². The normalized spacial score (nSPS) is 10.2. The summed E-state index contributed by atoms with van der Waals surface area (Å²) in [6.45, 7) is 0. The number of aromatic nitrogens is 2. The first-order valence-electron chi connectivity index (χ1n) is 5.22. The number of hydrogen-bond donors (Lipinski definition) is 1. The highest BCUT2D eigenvalue weighted by atomic mass is 35.5. The molecular weight excluding hydrogens is 272 g/mol. The van der Waals surface area contributed by atoms with Crippen molar-refractivity contribution < 1.29 is 9.72 Å². The van der Waals surface area contributed by atoms with Crippen LogP contribution in [-0.2, 0) is 7.05 Å². The van der Waals surface area contributed by atoms with Crippen molar-refractivity contribution in [2.75, 3.05) is 5.32 Å². The van der Waals surface area contributed by atoms with E-state index >= 15 is 0 Å². The summed E-state index contributed by atoms with van der Waals surface area (Å²) in [5, 5.41) is 13.3. The summed E-state index contributed by atoms with van der Waals surface area (Å²) in [4.78, 5) is 25.9. The maximum Gasteiger partial charge on any atom is 0.311 e. The van der Waals surface area contributed by atoms with E-state index in [0.29, 0.717) is 5.69 Å². The predicted molar refractivity (Wildman–Crippen MR) is 69.3 cm³/mol. The summed E-state index contributed by atoms with van der Waals surface area (Å²) >= 11 is 5.67. The quantitative estimate of drug-likeness (QED) is 0.530. The molecule has 19 heavy (non-hydrogen) atoms. The minimum Gasteiger partial charge on any atom is -0.347 e. The lowest BCUT2D eigenvalue weighted by molar-refractivity contribution is -0.384. The number of carbonyl (C=O) groups is 1. The van der Waals surface area contributed by atoms with Crippen LogP contribution in [0.3, 0.4) is 0 Å². The number of halogens is 1. The van der Waals surface area contributed by atoms with E-state index in [1.165, 1.54) is 12.1 Å². The second-order valence-corrected chi connectivity index (χ2v) is 4.10. The molecule has 0 bridgehead atoms. The monoisotopic (exact) mass is 280 g/mol. The molecule has 0 saturated heterocycles. The van der Waals surface area contributed by atoms with Crippen LogP contribution in [0, 0.1) is 10.1 Å². The van der Waals surface area contributed by atoms with Gasteiger partial charge < -0.3 is 4.57 Å². The van der Waals surface area contributed by atoms with Crippen LogP contribution in [0.25, 0.3) is 0 Å². The molecule has 0 aromatic carbocycles. The molecule has 2 aromatic rings. The smallest absolute Gasteiger partial charge is 0.311 e. The molecule has 0 atom stereocenters. The second kappa shape index (κ2) is 5.07. The lowest BCUT2D eigenvalue weighted by atomic mass is 10.3. The van der Waals surface area contributed by atoms with Gasteiger partial charge in [-0.05, 0) is 18.2 Å². The molecule has 98 valence electrons. The molecule has 2 aromatic heterocycles. The van der Waals surface area contributed by atoms with Crippen molar-refractivity contribution in [2.45, 2.75) is 0 Å². The third kappa shape index (κ3) is 2.71. The molecule has 1 amide bonds. The first kappa shape index (κ1) is 13.0. The van der Waals surface area contributed by atoms with Crippen LogP contribution in [0.4, 0.5) is 11.5 Å². The Morgan fingerprint density at radius 1 is 1.47 bits per heavy atom. The number of carbonyl (C=O) groups excluding carboxylic acids is 1. The molecule has 0 aliphatic carbocycles. The molecule has 0 unspecified atom stereocenters. The minimum atomic E-state index is -0.635. The first-order valence-corrected chi connectivity index (χ1v) is 5.60. The summed E-state index contributed by atoms with van der Waals surface area (Å²) < 4.78 is 1.59. The SMILES string of the molecule is Cn1cccc1C(=O)Nc1nc(Cl)ccc1[N+](=O)[O-]. The molecule has 0 aliphatic rings. The summed E-state index contributed by atoms with van der Waals surface area (Å²) in [6.07, 6.45) is 1.69. The Labute approximate surface area is 113 Å². The number of rotatable bonds is 3. The highest BCUT2D eigenvalue weighted by Gasteiger charge is 2.19. The van der Waals surface area contributed by atoms with Gasteiger partial charge in [-0.2, -0.15) is 0 Å². The zero-order valence-electron chi connectivity index (χ0n) is 9.83. The van der Waals surface area contributed by atoms with Crippen LogP contribution in [-0.4, -0.2) is 20.4 Å². The number of nitrogens with zero attached hydrogens (tertiary/aromatic N) is 3. The lowest BCUT2D eigenvalue weighted by Gasteiger charge is -2.06. The molecule has 0 saturated carbocycles. The Bertz CT molecular complexity index is 653. The van der Waals surface area contributed by atoms with Crippen LogP contribution in [0.15, 0.2) is 30.5 Å². The van der Waals surface area contributed by atoms with E-state index in [4.69, 9.17) is 11.6 Å².